The number of carbonyl (C=O) groups excluding carboxylic acids is 1. The Labute approximate surface area is 126 Å². The van der Waals surface area contributed by atoms with Gasteiger partial charge in [-0.15, -0.1) is 11.3 Å². The van der Waals surface area contributed by atoms with Crippen molar-refractivity contribution in [3.8, 4) is 0 Å². The summed E-state index contributed by atoms with van der Waals surface area (Å²) in [6, 6.07) is 9.63. The highest BCUT2D eigenvalue weighted by Crippen LogP contribution is 2.14. The summed E-state index contributed by atoms with van der Waals surface area (Å²) >= 11 is 1.31. The van der Waals surface area contributed by atoms with E-state index in [1.54, 1.807) is 5.38 Å². The van der Waals surface area contributed by atoms with Gasteiger partial charge in [-0.05, 0) is 12.5 Å². The van der Waals surface area contributed by atoms with Crippen molar-refractivity contribution in [2.45, 2.75) is 25.8 Å². The molecule has 0 saturated carbocycles. The van der Waals surface area contributed by atoms with Gasteiger partial charge in [-0.25, -0.2) is 4.98 Å². The summed E-state index contributed by atoms with van der Waals surface area (Å²) in [5.74, 6) is -1.04. The standard InChI is InChI=1S/C15H16N2O3S/c1-10(11-5-3-2-4-6-11)16-13(18)8-14-17-12(9-21-14)7-15(19)20/h2-6,9-10H,7-8H2,1H3,(H,16,18)(H,19,20). The number of benzene rings is 1. The Morgan fingerprint density at radius 1 is 1.29 bits per heavy atom. The van der Waals surface area contributed by atoms with Gasteiger partial charge in [-0.3, -0.25) is 9.59 Å². The van der Waals surface area contributed by atoms with E-state index in [2.05, 4.69) is 10.3 Å². The van der Waals surface area contributed by atoms with Crippen molar-refractivity contribution in [1.82, 2.24) is 10.3 Å². The average molecular weight is 304 g/mol. The van der Waals surface area contributed by atoms with Gasteiger partial charge >= 0.3 is 5.97 Å². The van der Waals surface area contributed by atoms with Gasteiger partial charge in [0.2, 0.25) is 5.91 Å². The van der Waals surface area contributed by atoms with Crippen molar-refractivity contribution in [3.63, 3.8) is 0 Å². The number of carboxylic acids is 1. The molecule has 1 aromatic carbocycles. The molecule has 2 rings (SSSR count). The molecule has 21 heavy (non-hydrogen) atoms. The minimum absolute atomic E-state index is 0.0721. The van der Waals surface area contributed by atoms with Crippen LogP contribution in [0.4, 0.5) is 0 Å². The van der Waals surface area contributed by atoms with E-state index >= 15 is 0 Å². The zero-order valence-corrected chi connectivity index (χ0v) is 12.4. The maximum Gasteiger partial charge on any atom is 0.309 e. The van der Waals surface area contributed by atoms with Crippen LogP contribution in [0.1, 0.15) is 29.2 Å². The predicted octanol–water partition coefficient (Wildman–Crippen LogP) is 2.19. The van der Waals surface area contributed by atoms with E-state index in [1.165, 1.54) is 11.3 Å². The van der Waals surface area contributed by atoms with Gasteiger partial charge in [0.15, 0.2) is 0 Å². The van der Waals surface area contributed by atoms with Gasteiger partial charge in [0.1, 0.15) is 5.01 Å². The highest BCUT2D eigenvalue weighted by molar-refractivity contribution is 7.09. The van der Waals surface area contributed by atoms with E-state index in [4.69, 9.17) is 5.11 Å². The van der Waals surface area contributed by atoms with Crippen LogP contribution in [-0.2, 0) is 22.4 Å². The largest absolute Gasteiger partial charge is 0.481 e. The number of nitrogens with one attached hydrogen (secondary N) is 1. The molecule has 0 saturated heterocycles. The molecule has 0 radical (unpaired) electrons. The lowest BCUT2D eigenvalue weighted by Crippen LogP contribution is -2.28. The molecule has 0 aliphatic rings. The highest BCUT2D eigenvalue weighted by atomic mass is 32.1. The van der Waals surface area contributed by atoms with Crippen LogP contribution in [0.5, 0.6) is 0 Å². The first-order valence-electron chi connectivity index (χ1n) is 6.54. The van der Waals surface area contributed by atoms with Crippen LogP contribution >= 0.6 is 11.3 Å². The van der Waals surface area contributed by atoms with Gasteiger partial charge in [-0.2, -0.15) is 0 Å². The van der Waals surface area contributed by atoms with Crippen LogP contribution in [-0.4, -0.2) is 22.0 Å². The molecule has 1 atom stereocenters. The van der Waals surface area contributed by atoms with Crippen LogP contribution in [0.2, 0.25) is 0 Å². The number of amides is 1. The van der Waals surface area contributed by atoms with Crippen molar-refractivity contribution < 1.29 is 14.7 Å². The van der Waals surface area contributed by atoms with Gasteiger partial charge in [0.05, 0.1) is 24.6 Å². The van der Waals surface area contributed by atoms with Crippen molar-refractivity contribution in [2.24, 2.45) is 0 Å². The van der Waals surface area contributed by atoms with Crippen LogP contribution in [0.25, 0.3) is 0 Å². The molecule has 6 heteroatoms. The Hall–Kier alpha value is -2.21. The monoisotopic (exact) mass is 304 g/mol. The Bertz CT molecular complexity index is 625. The van der Waals surface area contributed by atoms with Crippen molar-refractivity contribution in [1.29, 1.82) is 0 Å². The smallest absolute Gasteiger partial charge is 0.309 e. The van der Waals surface area contributed by atoms with Gasteiger partial charge in [-0.1, -0.05) is 30.3 Å². The molecule has 2 N–H and O–H groups in total. The third-order valence-corrected chi connectivity index (χ3v) is 3.82. The summed E-state index contributed by atoms with van der Waals surface area (Å²) in [7, 11) is 0. The third-order valence-electron chi connectivity index (χ3n) is 2.92. The number of rotatable bonds is 6. The van der Waals surface area contributed by atoms with Gasteiger partial charge < -0.3 is 10.4 Å². The number of nitrogens with zero attached hydrogens (tertiary/aromatic N) is 1. The van der Waals surface area contributed by atoms with Gasteiger partial charge in [0.25, 0.3) is 0 Å². The first-order valence-corrected chi connectivity index (χ1v) is 7.42. The summed E-state index contributed by atoms with van der Waals surface area (Å²) in [6.45, 7) is 1.92. The molecule has 2 aromatic rings. The van der Waals surface area contributed by atoms with E-state index in [1.807, 2.05) is 37.3 Å². The van der Waals surface area contributed by atoms with Crippen LogP contribution in [0.15, 0.2) is 35.7 Å². The molecule has 0 spiro atoms. The van der Waals surface area contributed by atoms with E-state index in [0.717, 1.165) is 5.56 Å². The van der Waals surface area contributed by atoms with E-state index < -0.39 is 5.97 Å². The second-order valence-electron chi connectivity index (χ2n) is 4.68. The minimum Gasteiger partial charge on any atom is -0.481 e. The Balaban J connectivity index is 1.89. The van der Waals surface area contributed by atoms with Crippen LogP contribution < -0.4 is 5.32 Å². The molecule has 0 aliphatic heterocycles. The number of aliphatic carboxylic acids is 1. The van der Waals surface area contributed by atoms with Crippen LogP contribution in [0.3, 0.4) is 0 Å². The second kappa shape index (κ2) is 6.99. The number of carbonyl (C=O) groups is 2. The highest BCUT2D eigenvalue weighted by Gasteiger charge is 2.12. The van der Waals surface area contributed by atoms with E-state index in [-0.39, 0.29) is 24.8 Å². The lowest BCUT2D eigenvalue weighted by molar-refractivity contribution is -0.136. The molecule has 5 nitrogen and oxygen atoms in total. The molecule has 0 bridgehead atoms. The zero-order chi connectivity index (χ0) is 15.2. The molecule has 1 heterocycles. The Kier molecular flexibility index (Phi) is 5.05. The second-order valence-corrected chi connectivity index (χ2v) is 5.62. The fraction of sp³-hybridized carbons (Fsp3) is 0.267. The van der Waals surface area contributed by atoms with Crippen molar-refractivity contribution in [3.05, 3.63) is 52.0 Å². The molecule has 0 fully saturated rings. The first-order chi connectivity index (χ1) is 10.0. The van der Waals surface area contributed by atoms with E-state index in [9.17, 15) is 9.59 Å². The van der Waals surface area contributed by atoms with Crippen LogP contribution in [0, 0.1) is 0 Å². The van der Waals surface area contributed by atoms with E-state index in [0.29, 0.717) is 10.7 Å². The normalized spacial score (nSPS) is 11.9. The topological polar surface area (TPSA) is 79.3 Å². The number of carboxylic acid groups (broad SMARTS) is 1. The fourth-order valence-electron chi connectivity index (χ4n) is 1.92. The summed E-state index contributed by atoms with van der Waals surface area (Å²) in [5, 5.41) is 13.9. The molecule has 1 amide bonds. The lowest BCUT2D eigenvalue weighted by Gasteiger charge is -2.13. The summed E-state index contributed by atoms with van der Waals surface area (Å²) in [4.78, 5) is 26.7. The maximum absolute atomic E-state index is 12.0. The molecular weight excluding hydrogens is 288 g/mol. The minimum atomic E-state index is -0.922. The summed E-state index contributed by atoms with van der Waals surface area (Å²) < 4.78 is 0. The Morgan fingerprint density at radius 3 is 2.67 bits per heavy atom. The Morgan fingerprint density at radius 2 is 2.00 bits per heavy atom. The fourth-order valence-corrected chi connectivity index (χ4v) is 2.71. The van der Waals surface area contributed by atoms with Gasteiger partial charge in [0, 0.05) is 5.38 Å². The third kappa shape index (κ3) is 4.68. The first kappa shape index (κ1) is 15.2. The summed E-state index contributed by atoms with van der Waals surface area (Å²) in [5.41, 5.74) is 1.53. The predicted molar refractivity (Wildman–Crippen MR) is 80.2 cm³/mol. The lowest BCUT2D eigenvalue weighted by atomic mass is 10.1. The molecule has 110 valence electrons. The SMILES string of the molecule is CC(NC(=O)Cc1nc(CC(=O)O)cs1)c1ccccc1. The van der Waals surface area contributed by atoms with Crippen molar-refractivity contribution in [2.75, 3.05) is 0 Å². The molecule has 0 aliphatic carbocycles. The molecule has 1 unspecified atom stereocenters. The average Bonchev–Trinajstić information content (AvgIpc) is 2.85. The number of hydrogen-bond donors (Lipinski definition) is 2. The molecular formula is C15H16N2O3S. The van der Waals surface area contributed by atoms with Crippen molar-refractivity contribution >= 4 is 23.2 Å². The number of hydrogen-bond acceptors (Lipinski definition) is 4. The zero-order valence-electron chi connectivity index (χ0n) is 11.6. The molecule has 1 aromatic heterocycles. The number of thiazole rings is 1. The quantitative estimate of drug-likeness (QED) is 0.857. The summed E-state index contributed by atoms with van der Waals surface area (Å²) in [6.07, 6.45) is 0.0556. The number of aromatic nitrogens is 1. The maximum atomic E-state index is 12.0.